The highest BCUT2D eigenvalue weighted by Gasteiger charge is 2.21. The Kier molecular flexibility index (Phi) is 4.47. The van der Waals surface area contributed by atoms with Gasteiger partial charge < -0.3 is 14.6 Å². The normalized spacial score (nSPS) is 15.6. The van der Waals surface area contributed by atoms with Crippen molar-refractivity contribution in [2.75, 3.05) is 12.4 Å². The Labute approximate surface area is 118 Å². The van der Waals surface area contributed by atoms with Crippen LogP contribution in [0.5, 0.6) is 0 Å². The van der Waals surface area contributed by atoms with Crippen LogP contribution in [0.25, 0.3) is 0 Å². The molecule has 1 aliphatic carbocycles. The number of esters is 1. The van der Waals surface area contributed by atoms with E-state index >= 15 is 0 Å². The first-order valence-electron chi connectivity index (χ1n) is 7.14. The van der Waals surface area contributed by atoms with Crippen molar-refractivity contribution in [2.45, 2.75) is 51.6 Å². The van der Waals surface area contributed by atoms with E-state index in [0.29, 0.717) is 11.3 Å². The van der Waals surface area contributed by atoms with E-state index in [9.17, 15) is 9.59 Å². The second kappa shape index (κ2) is 6.11. The van der Waals surface area contributed by atoms with Gasteiger partial charge in [-0.2, -0.15) is 0 Å². The maximum Gasteiger partial charge on any atom is 0.339 e. The number of rotatable bonds is 4. The Morgan fingerprint density at radius 2 is 2.05 bits per heavy atom. The molecule has 2 rings (SSSR count). The Morgan fingerprint density at radius 1 is 1.40 bits per heavy atom. The lowest BCUT2D eigenvalue weighted by Gasteiger charge is -2.18. The predicted octanol–water partition coefficient (Wildman–Crippen LogP) is 2.57. The first kappa shape index (κ1) is 14.6. The first-order chi connectivity index (χ1) is 9.52. The minimum Gasteiger partial charge on any atom is -0.465 e. The van der Waals surface area contributed by atoms with Crippen LogP contribution in [-0.2, 0) is 4.74 Å². The summed E-state index contributed by atoms with van der Waals surface area (Å²) in [7, 11) is 1.35. The van der Waals surface area contributed by atoms with Gasteiger partial charge in [-0.1, -0.05) is 12.8 Å². The summed E-state index contributed by atoms with van der Waals surface area (Å²) >= 11 is 0. The van der Waals surface area contributed by atoms with Crippen LogP contribution < -0.4 is 10.9 Å². The Balaban J connectivity index is 2.48. The summed E-state index contributed by atoms with van der Waals surface area (Å²) in [5, 5.41) is 3.12. The van der Waals surface area contributed by atoms with Gasteiger partial charge in [0.25, 0.3) is 5.56 Å². The van der Waals surface area contributed by atoms with E-state index in [1.165, 1.54) is 7.11 Å². The molecule has 1 aliphatic rings. The van der Waals surface area contributed by atoms with E-state index in [1.807, 2.05) is 13.8 Å². The third-order valence-corrected chi connectivity index (χ3v) is 3.63. The highest BCUT2D eigenvalue weighted by molar-refractivity contribution is 5.90. The first-order valence-corrected chi connectivity index (χ1v) is 7.14. The van der Waals surface area contributed by atoms with Crippen LogP contribution in [0.2, 0.25) is 0 Å². The Bertz CT molecular complexity index is 543. The highest BCUT2D eigenvalue weighted by atomic mass is 16.5. The summed E-state index contributed by atoms with van der Waals surface area (Å²) in [5.74, 6) is -0.413. The number of ether oxygens (including phenoxy) is 1. The van der Waals surface area contributed by atoms with E-state index in [4.69, 9.17) is 4.74 Å². The molecule has 0 unspecified atom stereocenters. The van der Waals surface area contributed by atoms with Crippen LogP contribution in [0.15, 0.2) is 17.1 Å². The van der Waals surface area contributed by atoms with Gasteiger partial charge in [-0.3, -0.25) is 4.79 Å². The molecule has 20 heavy (non-hydrogen) atoms. The molecule has 5 nitrogen and oxygen atoms in total. The van der Waals surface area contributed by atoms with Crippen molar-refractivity contribution < 1.29 is 9.53 Å². The third-order valence-electron chi connectivity index (χ3n) is 3.63. The van der Waals surface area contributed by atoms with Gasteiger partial charge >= 0.3 is 5.97 Å². The molecule has 0 aliphatic heterocycles. The molecule has 1 aromatic rings. The summed E-state index contributed by atoms with van der Waals surface area (Å²) < 4.78 is 6.47. The number of aromatic nitrogens is 1. The molecule has 5 heteroatoms. The average Bonchev–Trinajstić information content (AvgIpc) is 2.93. The molecule has 110 valence electrons. The van der Waals surface area contributed by atoms with E-state index < -0.39 is 5.97 Å². The van der Waals surface area contributed by atoms with Gasteiger partial charge in [-0.15, -0.1) is 0 Å². The fourth-order valence-electron chi connectivity index (χ4n) is 2.70. The third kappa shape index (κ3) is 3.03. The molecule has 0 bridgehead atoms. The lowest BCUT2D eigenvalue weighted by molar-refractivity contribution is 0.0599. The van der Waals surface area contributed by atoms with Gasteiger partial charge in [0.15, 0.2) is 0 Å². The van der Waals surface area contributed by atoms with Crippen LogP contribution in [-0.4, -0.2) is 23.7 Å². The zero-order valence-electron chi connectivity index (χ0n) is 12.3. The molecular weight excluding hydrogens is 256 g/mol. The van der Waals surface area contributed by atoms with E-state index in [2.05, 4.69) is 5.32 Å². The monoisotopic (exact) mass is 278 g/mol. The minimum absolute atomic E-state index is 0.0572. The van der Waals surface area contributed by atoms with Crippen molar-refractivity contribution in [1.29, 1.82) is 0 Å². The largest absolute Gasteiger partial charge is 0.465 e. The second-order valence-electron chi connectivity index (χ2n) is 5.58. The molecule has 1 saturated carbocycles. The Morgan fingerprint density at radius 3 is 2.60 bits per heavy atom. The average molecular weight is 278 g/mol. The summed E-state index contributed by atoms with van der Waals surface area (Å²) in [4.78, 5) is 24.3. The van der Waals surface area contributed by atoms with Gasteiger partial charge in [0, 0.05) is 18.3 Å². The van der Waals surface area contributed by atoms with Crippen LogP contribution >= 0.6 is 0 Å². The van der Waals surface area contributed by atoms with Crippen LogP contribution in [0, 0.1) is 0 Å². The van der Waals surface area contributed by atoms with E-state index in [1.54, 1.807) is 16.8 Å². The minimum atomic E-state index is -0.413. The van der Waals surface area contributed by atoms with E-state index in [0.717, 1.165) is 25.7 Å². The standard InChI is InChI=1S/C15H22N2O3/c1-10(2)16-13-8-11(15(19)20-3)9-17(14(13)18)12-6-4-5-7-12/h8-10,12,16H,4-7H2,1-3H3. The van der Waals surface area contributed by atoms with Gasteiger partial charge in [0.1, 0.15) is 5.69 Å². The summed E-state index contributed by atoms with van der Waals surface area (Å²) in [6.07, 6.45) is 5.88. The molecular formula is C15H22N2O3. The van der Waals surface area contributed by atoms with E-state index in [-0.39, 0.29) is 17.6 Å². The topological polar surface area (TPSA) is 60.3 Å². The second-order valence-corrected chi connectivity index (χ2v) is 5.58. The molecule has 1 heterocycles. The number of anilines is 1. The molecule has 0 spiro atoms. The number of hydrogen-bond acceptors (Lipinski definition) is 4. The molecule has 1 aromatic heterocycles. The molecule has 1 fully saturated rings. The summed E-state index contributed by atoms with van der Waals surface area (Å²) in [6, 6.07) is 1.91. The number of carbonyl (C=O) groups is 1. The van der Waals surface area contributed by atoms with Crippen molar-refractivity contribution >= 4 is 11.7 Å². The van der Waals surface area contributed by atoms with Crippen molar-refractivity contribution in [3.63, 3.8) is 0 Å². The predicted molar refractivity (Wildman–Crippen MR) is 78.3 cm³/mol. The van der Waals surface area contributed by atoms with Crippen LogP contribution in [0.4, 0.5) is 5.69 Å². The van der Waals surface area contributed by atoms with Crippen LogP contribution in [0.3, 0.4) is 0 Å². The smallest absolute Gasteiger partial charge is 0.339 e. The quantitative estimate of drug-likeness (QED) is 0.860. The van der Waals surface area contributed by atoms with Gasteiger partial charge in [0.2, 0.25) is 0 Å². The molecule has 0 radical (unpaired) electrons. The molecule has 0 amide bonds. The summed E-state index contributed by atoms with van der Waals surface area (Å²) in [5.41, 5.74) is 0.829. The fourth-order valence-corrected chi connectivity index (χ4v) is 2.70. The molecule has 1 N–H and O–H groups in total. The maximum absolute atomic E-state index is 12.5. The Hall–Kier alpha value is -1.78. The molecule has 0 aromatic carbocycles. The zero-order chi connectivity index (χ0) is 14.7. The molecule has 0 saturated heterocycles. The maximum atomic E-state index is 12.5. The zero-order valence-corrected chi connectivity index (χ0v) is 12.3. The number of methoxy groups -OCH3 is 1. The van der Waals surface area contributed by atoms with Crippen LogP contribution in [0.1, 0.15) is 55.9 Å². The number of hydrogen-bond donors (Lipinski definition) is 1. The number of nitrogens with one attached hydrogen (secondary N) is 1. The lowest BCUT2D eigenvalue weighted by Crippen LogP contribution is -2.29. The highest BCUT2D eigenvalue weighted by Crippen LogP contribution is 2.29. The number of pyridine rings is 1. The number of nitrogens with zero attached hydrogens (tertiary/aromatic N) is 1. The van der Waals surface area contributed by atoms with Crippen molar-refractivity contribution in [3.05, 3.63) is 28.2 Å². The number of carbonyl (C=O) groups excluding carboxylic acids is 1. The van der Waals surface area contributed by atoms with Crippen molar-refractivity contribution in [3.8, 4) is 0 Å². The van der Waals surface area contributed by atoms with Crippen molar-refractivity contribution in [2.24, 2.45) is 0 Å². The van der Waals surface area contributed by atoms with Crippen molar-refractivity contribution in [1.82, 2.24) is 4.57 Å². The van der Waals surface area contributed by atoms with Gasteiger partial charge in [0.05, 0.1) is 12.7 Å². The SMILES string of the molecule is COC(=O)c1cc(NC(C)C)c(=O)n(C2CCCC2)c1. The fraction of sp³-hybridized carbons (Fsp3) is 0.600. The van der Waals surface area contributed by atoms with Gasteiger partial charge in [-0.05, 0) is 32.8 Å². The lowest BCUT2D eigenvalue weighted by atomic mass is 10.2. The summed E-state index contributed by atoms with van der Waals surface area (Å²) in [6.45, 7) is 3.92. The molecule has 0 atom stereocenters. The van der Waals surface area contributed by atoms with Gasteiger partial charge in [-0.25, -0.2) is 4.79 Å².